The van der Waals surface area contributed by atoms with Crippen molar-refractivity contribution in [2.45, 2.75) is 37.3 Å². The standard InChI is InChI=1S/C17H23NO9S/c1-18-9-5-8(6-25-11(19)7-28-2)3-4-10(9)26-17-14(22)12(20)13(21)15(27-17)16(23)24/h3-5,12-15,17-18,20-22H,6-7H2,1-2H3,(H,23,24). The Bertz CT molecular complexity index is 701. The predicted molar refractivity (Wildman–Crippen MR) is 99.1 cm³/mol. The van der Waals surface area contributed by atoms with Gasteiger partial charge in [0.25, 0.3) is 0 Å². The maximum Gasteiger partial charge on any atom is 0.335 e. The first-order valence-electron chi connectivity index (χ1n) is 8.32. The van der Waals surface area contributed by atoms with E-state index in [1.165, 1.54) is 17.8 Å². The first-order valence-corrected chi connectivity index (χ1v) is 9.72. The van der Waals surface area contributed by atoms with E-state index in [2.05, 4.69) is 5.32 Å². The average Bonchev–Trinajstić information content (AvgIpc) is 2.67. The van der Waals surface area contributed by atoms with Crippen LogP contribution >= 0.6 is 11.8 Å². The Hall–Kier alpha value is -2.05. The summed E-state index contributed by atoms with van der Waals surface area (Å²) in [6.07, 6.45) is -6.70. The monoisotopic (exact) mass is 417 g/mol. The number of aliphatic hydroxyl groups is 3. The lowest BCUT2D eigenvalue weighted by Gasteiger charge is -2.38. The molecule has 0 spiro atoms. The Labute approximate surface area is 165 Å². The van der Waals surface area contributed by atoms with Gasteiger partial charge in [-0.2, -0.15) is 11.8 Å². The van der Waals surface area contributed by atoms with Crippen molar-refractivity contribution in [2.75, 3.05) is 24.4 Å². The van der Waals surface area contributed by atoms with Crippen LogP contribution in [0, 0.1) is 0 Å². The number of aliphatic carboxylic acids is 1. The second kappa shape index (κ2) is 9.94. The Morgan fingerprint density at radius 3 is 2.54 bits per heavy atom. The highest BCUT2D eigenvalue weighted by molar-refractivity contribution is 7.99. The third-order valence-electron chi connectivity index (χ3n) is 4.03. The van der Waals surface area contributed by atoms with Crippen molar-refractivity contribution in [2.24, 2.45) is 0 Å². The minimum absolute atomic E-state index is 0.0584. The van der Waals surface area contributed by atoms with E-state index in [0.29, 0.717) is 11.3 Å². The number of carboxylic acid groups (broad SMARTS) is 1. The molecular formula is C17H23NO9S. The van der Waals surface area contributed by atoms with Gasteiger partial charge < -0.3 is 40.0 Å². The maximum absolute atomic E-state index is 11.5. The number of rotatable bonds is 8. The Kier molecular flexibility index (Phi) is 7.89. The molecule has 28 heavy (non-hydrogen) atoms. The fourth-order valence-electron chi connectivity index (χ4n) is 2.56. The number of benzene rings is 1. The molecule has 0 aliphatic carbocycles. The molecule has 5 atom stereocenters. The Morgan fingerprint density at radius 1 is 1.21 bits per heavy atom. The fourth-order valence-corrected chi connectivity index (χ4v) is 2.88. The summed E-state index contributed by atoms with van der Waals surface area (Å²) >= 11 is 1.35. The van der Waals surface area contributed by atoms with Gasteiger partial charge in [-0.3, -0.25) is 4.79 Å². The van der Waals surface area contributed by atoms with Crippen molar-refractivity contribution < 1.29 is 44.2 Å². The number of thioether (sulfide) groups is 1. The number of hydrogen-bond acceptors (Lipinski definition) is 10. The number of nitrogens with one attached hydrogen (secondary N) is 1. The molecule has 1 saturated heterocycles. The molecule has 11 heteroatoms. The van der Waals surface area contributed by atoms with Crippen molar-refractivity contribution in [3.63, 3.8) is 0 Å². The lowest BCUT2D eigenvalue weighted by Crippen LogP contribution is -2.61. The topological polar surface area (TPSA) is 155 Å². The molecule has 5 unspecified atom stereocenters. The van der Waals surface area contributed by atoms with Gasteiger partial charge in [-0.1, -0.05) is 6.07 Å². The maximum atomic E-state index is 11.5. The van der Waals surface area contributed by atoms with E-state index in [-0.39, 0.29) is 24.1 Å². The van der Waals surface area contributed by atoms with Crippen LogP contribution in [0.1, 0.15) is 5.56 Å². The number of carboxylic acids is 1. The largest absolute Gasteiger partial charge is 0.479 e. The first kappa shape index (κ1) is 22.2. The number of esters is 1. The molecule has 1 aliphatic heterocycles. The number of carbonyl (C=O) groups is 2. The predicted octanol–water partition coefficient (Wildman–Crippen LogP) is -0.595. The average molecular weight is 417 g/mol. The van der Waals surface area contributed by atoms with Crippen LogP contribution in [0.15, 0.2) is 18.2 Å². The zero-order chi connectivity index (χ0) is 20.8. The first-order chi connectivity index (χ1) is 13.3. The highest BCUT2D eigenvalue weighted by atomic mass is 32.2. The summed E-state index contributed by atoms with van der Waals surface area (Å²) in [7, 11) is 1.61. The van der Waals surface area contributed by atoms with Gasteiger partial charge in [0.15, 0.2) is 6.10 Å². The van der Waals surface area contributed by atoms with E-state index >= 15 is 0 Å². The van der Waals surface area contributed by atoms with Crippen molar-refractivity contribution in [1.82, 2.24) is 0 Å². The number of ether oxygens (including phenoxy) is 3. The highest BCUT2D eigenvalue weighted by Gasteiger charge is 2.48. The van der Waals surface area contributed by atoms with E-state index in [1.807, 2.05) is 0 Å². The summed E-state index contributed by atoms with van der Waals surface area (Å²) < 4.78 is 15.8. The molecule has 1 heterocycles. The van der Waals surface area contributed by atoms with E-state index < -0.39 is 36.7 Å². The van der Waals surface area contributed by atoms with E-state index in [1.54, 1.807) is 25.4 Å². The van der Waals surface area contributed by atoms with Crippen LogP contribution in [0.25, 0.3) is 0 Å². The molecule has 1 aromatic carbocycles. The molecule has 156 valence electrons. The molecule has 0 amide bonds. The quantitative estimate of drug-likeness (QED) is 0.345. The normalized spacial score (nSPS) is 27.1. The molecule has 0 bridgehead atoms. The number of hydrogen-bond donors (Lipinski definition) is 5. The summed E-state index contributed by atoms with van der Waals surface area (Å²) in [5.41, 5.74) is 1.14. The van der Waals surface area contributed by atoms with Crippen LogP contribution < -0.4 is 10.1 Å². The van der Waals surface area contributed by atoms with Gasteiger partial charge in [-0.05, 0) is 24.0 Å². The van der Waals surface area contributed by atoms with Crippen LogP contribution in [0.5, 0.6) is 5.75 Å². The lowest BCUT2D eigenvalue weighted by atomic mass is 9.99. The molecule has 0 radical (unpaired) electrons. The smallest absolute Gasteiger partial charge is 0.335 e. The van der Waals surface area contributed by atoms with Crippen molar-refractivity contribution in [1.29, 1.82) is 0 Å². The minimum Gasteiger partial charge on any atom is -0.479 e. The van der Waals surface area contributed by atoms with Crippen LogP contribution in [0.4, 0.5) is 5.69 Å². The van der Waals surface area contributed by atoms with Gasteiger partial charge in [0.2, 0.25) is 6.29 Å². The summed E-state index contributed by atoms with van der Waals surface area (Å²) in [5, 5.41) is 41.6. The number of anilines is 1. The van der Waals surface area contributed by atoms with Gasteiger partial charge in [-0.15, -0.1) is 0 Å². The van der Waals surface area contributed by atoms with Crippen LogP contribution in [0.3, 0.4) is 0 Å². The van der Waals surface area contributed by atoms with E-state index in [9.17, 15) is 24.9 Å². The highest BCUT2D eigenvalue weighted by Crippen LogP contribution is 2.30. The zero-order valence-corrected chi connectivity index (χ0v) is 16.1. The van der Waals surface area contributed by atoms with Crippen molar-refractivity contribution >= 4 is 29.4 Å². The molecule has 5 N–H and O–H groups in total. The van der Waals surface area contributed by atoms with Crippen LogP contribution in [-0.2, 0) is 25.7 Å². The van der Waals surface area contributed by atoms with Gasteiger partial charge in [0.05, 0.1) is 11.4 Å². The third-order valence-corrected chi connectivity index (χ3v) is 4.56. The molecule has 0 saturated carbocycles. The van der Waals surface area contributed by atoms with Crippen LogP contribution in [0.2, 0.25) is 0 Å². The molecule has 1 fully saturated rings. The summed E-state index contributed by atoms with van der Waals surface area (Å²) in [6, 6.07) is 4.79. The molecular weight excluding hydrogens is 394 g/mol. The van der Waals surface area contributed by atoms with Crippen LogP contribution in [-0.4, -0.2) is 82.1 Å². The zero-order valence-electron chi connectivity index (χ0n) is 15.3. The van der Waals surface area contributed by atoms with E-state index in [4.69, 9.17) is 19.3 Å². The fraction of sp³-hybridized carbons (Fsp3) is 0.529. The number of aliphatic hydroxyl groups excluding tert-OH is 3. The van der Waals surface area contributed by atoms with E-state index in [0.717, 1.165) is 0 Å². The van der Waals surface area contributed by atoms with Crippen molar-refractivity contribution in [3.8, 4) is 5.75 Å². The van der Waals surface area contributed by atoms with Gasteiger partial charge in [-0.25, -0.2) is 4.79 Å². The van der Waals surface area contributed by atoms with Gasteiger partial charge in [0, 0.05) is 7.05 Å². The number of carbonyl (C=O) groups excluding carboxylic acids is 1. The summed E-state index contributed by atoms with van der Waals surface area (Å²) in [6.45, 7) is 0.0584. The van der Waals surface area contributed by atoms with Gasteiger partial charge in [0.1, 0.15) is 30.7 Å². The summed E-state index contributed by atoms with van der Waals surface area (Å²) in [4.78, 5) is 22.6. The SMILES string of the molecule is CNc1cc(COC(=O)CSC)ccc1OC1OC(C(=O)O)C(O)C(O)C1O. The third kappa shape index (κ3) is 5.26. The van der Waals surface area contributed by atoms with Gasteiger partial charge >= 0.3 is 11.9 Å². The minimum atomic E-state index is -1.80. The summed E-state index contributed by atoms with van der Waals surface area (Å²) in [5.74, 6) is -1.39. The van der Waals surface area contributed by atoms with Crippen molar-refractivity contribution in [3.05, 3.63) is 23.8 Å². The Morgan fingerprint density at radius 2 is 1.93 bits per heavy atom. The molecule has 10 nitrogen and oxygen atoms in total. The molecule has 0 aromatic heterocycles. The molecule has 2 rings (SSSR count). The molecule has 1 aliphatic rings. The molecule has 1 aromatic rings. The second-order valence-electron chi connectivity index (χ2n) is 6.03. The lowest BCUT2D eigenvalue weighted by molar-refractivity contribution is -0.271. The Balaban J connectivity index is 2.12. The second-order valence-corrected chi connectivity index (χ2v) is 6.89.